The summed E-state index contributed by atoms with van der Waals surface area (Å²) in [6, 6.07) is 14.3. The minimum Gasteiger partial charge on any atom is -0.361 e. The number of carbonyl (C=O) groups excluding carboxylic acids is 1. The summed E-state index contributed by atoms with van der Waals surface area (Å²) in [7, 11) is 0. The standard InChI is InChI=1S/C17H13Cl5N2O/c18-12-7-4-8-13(15(12)19)23-16(17(20,21)22)24-14(25)10-9-11-5-2-1-3-6-11/h1-10,16,23H,(H,24,25)/b10-9+. The normalized spacial score (nSPS) is 12.8. The molecule has 2 N–H and O–H groups in total. The first-order valence-electron chi connectivity index (χ1n) is 7.08. The highest BCUT2D eigenvalue weighted by molar-refractivity contribution is 6.68. The van der Waals surface area contributed by atoms with E-state index in [0.29, 0.717) is 10.7 Å². The van der Waals surface area contributed by atoms with E-state index < -0.39 is 15.9 Å². The van der Waals surface area contributed by atoms with Gasteiger partial charge in [0.05, 0.1) is 15.7 Å². The lowest BCUT2D eigenvalue weighted by Crippen LogP contribution is -2.48. The summed E-state index contributed by atoms with van der Waals surface area (Å²) in [6.45, 7) is 0. The van der Waals surface area contributed by atoms with Crippen LogP contribution in [-0.2, 0) is 4.79 Å². The second-order valence-electron chi connectivity index (χ2n) is 4.97. The fourth-order valence-electron chi connectivity index (χ4n) is 1.90. The quantitative estimate of drug-likeness (QED) is 0.345. The molecule has 0 aliphatic rings. The zero-order valence-electron chi connectivity index (χ0n) is 12.6. The van der Waals surface area contributed by atoms with Crippen molar-refractivity contribution in [1.82, 2.24) is 5.32 Å². The maximum Gasteiger partial charge on any atom is 0.245 e. The van der Waals surface area contributed by atoms with E-state index in [0.717, 1.165) is 5.56 Å². The minimum atomic E-state index is -1.82. The molecule has 0 spiro atoms. The van der Waals surface area contributed by atoms with Gasteiger partial charge < -0.3 is 10.6 Å². The second kappa shape index (κ2) is 9.02. The average Bonchev–Trinajstić information content (AvgIpc) is 2.56. The summed E-state index contributed by atoms with van der Waals surface area (Å²) >= 11 is 29.9. The predicted octanol–water partition coefficient (Wildman–Crippen LogP) is 5.93. The van der Waals surface area contributed by atoms with Gasteiger partial charge in [0, 0.05) is 6.08 Å². The molecule has 3 nitrogen and oxygen atoms in total. The maximum atomic E-state index is 12.1. The minimum absolute atomic E-state index is 0.262. The molecule has 25 heavy (non-hydrogen) atoms. The molecular weight excluding hydrogens is 425 g/mol. The number of amides is 1. The molecule has 0 heterocycles. The number of nitrogens with one attached hydrogen (secondary N) is 2. The van der Waals surface area contributed by atoms with E-state index in [9.17, 15) is 4.79 Å². The lowest BCUT2D eigenvalue weighted by molar-refractivity contribution is -0.116. The van der Waals surface area contributed by atoms with Gasteiger partial charge in [-0.25, -0.2) is 0 Å². The Kier molecular flexibility index (Phi) is 7.29. The Morgan fingerprint density at radius 3 is 2.32 bits per heavy atom. The van der Waals surface area contributed by atoms with Crippen molar-refractivity contribution in [2.45, 2.75) is 9.96 Å². The van der Waals surface area contributed by atoms with Gasteiger partial charge in [0.2, 0.25) is 9.70 Å². The van der Waals surface area contributed by atoms with Gasteiger partial charge in [-0.2, -0.15) is 0 Å². The number of carbonyl (C=O) groups is 1. The van der Waals surface area contributed by atoms with Crippen LogP contribution in [0.3, 0.4) is 0 Å². The maximum absolute atomic E-state index is 12.1. The molecule has 0 fully saturated rings. The summed E-state index contributed by atoms with van der Waals surface area (Å²) in [4.78, 5) is 12.1. The molecule has 132 valence electrons. The fraction of sp³-hybridized carbons (Fsp3) is 0.118. The molecule has 0 aliphatic heterocycles. The molecule has 1 unspecified atom stereocenters. The van der Waals surface area contributed by atoms with Crippen LogP contribution in [0.2, 0.25) is 10.0 Å². The Labute approximate surface area is 170 Å². The summed E-state index contributed by atoms with van der Waals surface area (Å²) in [5.74, 6) is -0.439. The van der Waals surface area contributed by atoms with Crippen LogP contribution < -0.4 is 10.6 Å². The summed E-state index contributed by atoms with van der Waals surface area (Å²) < 4.78 is -1.82. The summed E-state index contributed by atoms with van der Waals surface area (Å²) in [6.07, 6.45) is 1.97. The topological polar surface area (TPSA) is 41.1 Å². The SMILES string of the molecule is O=C(/C=C/c1ccccc1)NC(Nc1cccc(Cl)c1Cl)C(Cl)(Cl)Cl. The number of benzene rings is 2. The Balaban J connectivity index is 2.11. The molecule has 8 heteroatoms. The third-order valence-electron chi connectivity index (χ3n) is 3.09. The Morgan fingerprint density at radius 2 is 1.68 bits per heavy atom. The van der Waals surface area contributed by atoms with Crippen molar-refractivity contribution < 1.29 is 4.79 Å². The van der Waals surface area contributed by atoms with Crippen LogP contribution in [-0.4, -0.2) is 15.9 Å². The van der Waals surface area contributed by atoms with Gasteiger partial charge in [0.15, 0.2) is 0 Å². The molecule has 2 aromatic carbocycles. The lowest BCUT2D eigenvalue weighted by Gasteiger charge is -2.27. The lowest BCUT2D eigenvalue weighted by atomic mass is 10.2. The molecule has 2 rings (SSSR count). The van der Waals surface area contributed by atoms with Crippen LogP contribution in [0.15, 0.2) is 54.6 Å². The van der Waals surface area contributed by atoms with Gasteiger partial charge in [-0.05, 0) is 23.8 Å². The monoisotopic (exact) mass is 436 g/mol. The van der Waals surface area contributed by atoms with Crippen LogP contribution in [0.1, 0.15) is 5.56 Å². The first-order valence-corrected chi connectivity index (χ1v) is 8.97. The van der Waals surface area contributed by atoms with Gasteiger partial charge >= 0.3 is 0 Å². The van der Waals surface area contributed by atoms with E-state index >= 15 is 0 Å². The summed E-state index contributed by atoms with van der Waals surface area (Å²) in [5, 5.41) is 6.07. The van der Waals surface area contributed by atoms with Gasteiger partial charge in [-0.3, -0.25) is 4.79 Å². The fourth-order valence-corrected chi connectivity index (χ4v) is 2.58. The van der Waals surface area contributed by atoms with Crippen LogP contribution in [0.5, 0.6) is 0 Å². The largest absolute Gasteiger partial charge is 0.361 e. The number of rotatable bonds is 5. The third kappa shape index (κ3) is 6.28. The highest BCUT2D eigenvalue weighted by Crippen LogP contribution is 2.35. The van der Waals surface area contributed by atoms with E-state index in [1.165, 1.54) is 6.08 Å². The number of halogens is 5. The third-order valence-corrected chi connectivity index (χ3v) is 4.57. The molecule has 0 bridgehead atoms. The van der Waals surface area contributed by atoms with Crippen LogP contribution in [0.25, 0.3) is 6.08 Å². The first-order chi connectivity index (χ1) is 11.8. The van der Waals surface area contributed by atoms with Crippen LogP contribution in [0.4, 0.5) is 5.69 Å². The molecule has 0 saturated heterocycles. The van der Waals surface area contributed by atoms with E-state index in [-0.39, 0.29) is 5.02 Å². The Hall–Kier alpha value is -1.10. The first kappa shape index (κ1) is 20.2. The zero-order chi connectivity index (χ0) is 18.4. The number of anilines is 1. The van der Waals surface area contributed by atoms with Gasteiger partial charge in [-0.1, -0.05) is 94.4 Å². The highest BCUT2D eigenvalue weighted by atomic mass is 35.6. The van der Waals surface area contributed by atoms with Crippen molar-refractivity contribution in [3.63, 3.8) is 0 Å². The van der Waals surface area contributed by atoms with Crippen molar-refractivity contribution in [1.29, 1.82) is 0 Å². The number of hydrogen-bond acceptors (Lipinski definition) is 2. The smallest absolute Gasteiger partial charge is 0.245 e. The molecule has 0 aliphatic carbocycles. The zero-order valence-corrected chi connectivity index (χ0v) is 16.4. The average molecular weight is 439 g/mol. The van der Waals surface area contributed by atoms with Crippen LogP contribution >= 0.6 is 58.0 Å². The van der Waals surface area contributed by atoms with Crippen LogP contribution in [0, 0.1) is 0 Å². The van der Waals surface area contributed by atoms with Gasteiger partial charge in [0.25, 0.3) is 0 Å². The van der Waals surface area contributed by atoms with Crippen molar-refractivity contribution in [3.8, 4) is 0 Å². The molecule has 1 amide bonds. The van der Waals surface area contributed by atoms with Crippen molar-refractivity contribution in [2.24, 2.45) is 0 Å². The molecular formula is C17H13Cl5N2O. The summed E-state index contributed by atoms with van der Waals surface area (Å²) in [5.41, 5.74) is 1.30. The molecule has 0 aromatic heterocycles. The Bertz CT molecular complexity index is 759. The van der Waals surface area contributed by atoms with Gasteiger partial charge in [-0.15, -0.1) is 0 Å². The van der Waals surface area contributed by atoms with E-state index in [2.05, 4.69) is 10.6 Å². The second-order valence-corrected chi connectivity index (χ2v) is 8.13. The molecule has 1 atom stereocenters. The molecule has 2 aromatic rings. The van der Waals surface area contributed by atoms with E-state index in [1.54, 1.807) is 24.3 Å². The number of hydrogen-bond donors (Lipinski definition) is 2. The van der Waals surface area contributed by atoms with Gasteiger partial charge in [0.1, 0.15) is 6.17 Å². The number of alkyl halides is 3. The van der Waals surface area contributed by atoms with Crippen molar-refractivity contribution >= 4 is 75.7 Å². The molecule has 0 saturated carbocycles. The van der Waals surface area contributed by atoms with E-state index in [4.69, 9.17) is 58.0 Å². The van der Waals surface area contributed by atoms with Crippen molar-refractivity contribution in [2.75, 3.05) is 5.32 Å². The Morgan fingerprint density at radius 1 is 1.00 bits per heavy atom. The van der Waals surface area contributed by atoms with Crippen molar-refractivity contribution in [3.05, 3.63) is 70.2 Å². The van der Waals surface area contributed by atoms with E-state index in [1.807, 2.05) is 30.3 Å². The molecule has 0 radical (unpaired) electrons. The predicted molar refractivity (Wildman–Crippen MR) is 108 cm³/mol. The highest BCUT2D eigenvalue weighted by Gasteiger charge is 2.34.